The lowest BCUT2D eigenvalue weighted by atomic mass is 10.3. The fraction of sp³-hybridized carbons (Fsp3) is 0.333. The monoisotopic (exact) mass is 166 g/mol. The molecule has 1 nitrogen and oxygen atoms in total. The first-order chi connectivity index (χ1) is 5.25. The molecular weight excluding hydrogens is 156 g/mol. The maximum atomic E-state index is 5.49. The highest BCUT2D eigenvalue weighted by atomic mass is 32.2. The summed E-state index contributed by atoms with van der Waals surface area (Å²) in [6.07, 6.45) is 3.16. The van der Waals surface area contributed by atoms with E-state index >= 15 is 0 Å². The molecule has 0 aliphatic carbocycles. The van der Waals surface area contributed by atoms with Crippen LogP contribution in [0.25, 0.3) is 0 Å². The number of hydrogen-bond acceptors (Lipinski definition) is 2. The van der Waals surface area contributed by atoms with Gasteiger partial charge in [-0.1, -0.05) is 17.8 Å². The second kappa shape index (κ2) is 2.45. The third kappa shape index (κ3) is 1.23. The molecule has 1 aliphatic heterocycles. The summed E-state index contributed by atoms with van der Waals surface area (Å²) in [5, 5.41) is 0. The van der Waals surface area contributed by atoms with Crippen molar-refractivity contribution in [1.29, 1.82) is 0 Å². The lowest BCUT2D eigenvalue weighted by Crippen LogP contribution is -1.86. The first-order valence-electron chi connectivity index (χ1n) is 3.69. The van der Waals surface area contributed by atoms with Gasteiger partial charge in [0, 0.05) is 6.42 Å². The van der Waals surface area contributed by atoms with E-state index in [0.717, 1.165) is 17.9 Å². The summed E-state index contributed by atoms with van der Waals surface area (Å²) in [5.41, 5.74) is 0. The van der Waals surface area contributed by atoms with Crippen molar-refractivity contribution in [3.63, 3.8) is 0 Å². The molecule has 0 amide bonds. The van der Waals surface area contributed by atoms with Crippen molar-refractivity contribution in [3.05, 3.63) is 28.6 Å². The van der Waals surface area contributed by atoms with E-state index in [1.165, 1.54) is 9.80 Å². The summed E-state index contributed by atoms with van der Waals surface area (Å²) in [6, 6.07) is 2.11. The molecular formula is C9H10OS. The minimum absolute atomic E-state index is 0.960. The Morgan fingerprint density at radius 1 is 1.45 bits per heavy atom. The predicted molar refractivity (Wildman–Crippen MR) is 46.8 cm³/mol. The molecule has 58 valence electrons. The zero-order chi connectivity index (χ0) is 7.84. The maximum absolute atomic E-state index is 5.49. The Morgan fingerprint density at radius 2 is 2.27 bits per heavy atom. The Bertz CT molecular complexity index is 309. The van der Waals surface area contributed by atoms with E-state index in [2.05, 4.69) is 19.1 Å². The van der Waals surface area contributed by atoms with Crippen LogP contribution in [0, 0.1) is 6.92 Å². The highest BCUT2D eigenvalue weighted by Gasteiger charge is 2.13. The largest absolute Gasteiger partial charge is 0.465 e. The number of allylic oxidation sites excluding steroid dienone is 2. The Balaban J connectivity index is 2.40. The van der Waals surface area contributed by atoms with Crippen LogP contribution in [-0.2, 0) is 6.42 Å². The van der Waals surface area contributed by atoms with Gasteiger partial charge in [0.1, 0.15) is 11.5 Å². The molecule has 0 fully saturated rings. The van der Waals surface area contributed by atoms with Crippen LogP contribution in [-0.4, -0.2) is 0 Å². The lowest BCUT2D eigenvalue weighted by molar-refractivity contribution is 0.487. The van der Waals surface area contributed by atoms with E-state index in [1.807, 2.05) is 6.92 Å². The van der Waals surface area contributed by atoms with Gasteiger partial charge < -0.3 is 4.42 Å². The van der Waals surface area contributed by atoms with Crippen LogP contribution >= 0.6 is 11.8 Å². The first-order valence-corrected chi connectivity index (χ1v) is 4.51. The van der Waals surface area contributed by atoms with Gasteiger partial charge in [0.05, 0.1) is 4.90 Å². The second-order valence-corrected chi connectivity index (χ2v) is 4.05. The normalized spacial score (nSPS) is 16.0. The average molecular weight is 166 g/mol. The molecule has 2 heterocycles. The molecule has 0 spiro atoms. The van der Waals surface area contributed by atoms with Gasteiger partial charge in [-0.25, -0.2) is 0 Å². The summed E-state index contributed by atoms with van der Waals surface area (Å²) in [4.78, 5) is 2.67. The summed E-state index contributed by atoms with van der Waals surface area (Å²) >= 11 is 1.80. The van der Waals surface area contributed by atoms with Crippen LogP contribution in [0.4, 0.5) is 0 Å². The molecule has 11 heavy (non-hydrogen) atoms. The van der Waals surface area contributed by atoms with Crippen LogP contribution in [0.15, 0.2) is 26.4 Å². The van der Waals surface area contributed by atoms with Gasteiger partial charge in [0.25, 0.3) is 0 Å². The number of thioether (sulfide) groups is 1. The number of hydrogen-bond donors (Lipinski definition) is 0. The summed E-state index contributed by atoms with van der Waals surface area (Å²) in [5.74, 6) is 2.14. The third-order valence-electron chi connectivity index (χ3n) is 1.74. The lowest BCUT2D eigenvalue weighted by Gasteiger charge is -2.06. The summed E-state index contributed by atoms with van der Waals surface area (Å²) in [7, 11) is 0. The number of aryl methyl sites for hydroxylation is 1. The van der Waals surface area contributed by atoms with Crippen molar-refractivity contribution in [2.75, 3.05) is 0 Å². The SMILES string of the molecule is CC1=CCc2oc(C)cc2S1. The van der Waals surface area contributed by atoms with E-state index in [4.69, 9.17) is 4.42 Å². The number of fused-ring (bicyclic) bond motifs is 1. The Morgan fingerprint density at radius 3 is 3.09 bits per heavy atom. The highest BCUT2D eigenvalue weighted by molar-refractivity contribution is 8.03. The molecule has 0 atom stereocenters. The molecule has 0 saturated heterocycles. The number of rotatable bonds is 0. The fourth-order valence-electron chi connectivity index (χ4n) is 1.22. The maximum Gasteiger partial charge on any atom is 0.121 e. The Labute approximate surface area is 70.5 Å². The van der Waals surface area contributed by atoms with Gasteiger partial charge >= 0.3 is 0 Å². The summed E-state index contributed by atoms with van der Waals surface area (Å²) in [6.45, 7) is 4.13. The predicted octanol–water partition coefficient (Wildman–Crippen LogP) is 3.14. The molecule has 0 bridgehead atoms. The number of furan rings is 1. The molecule has 0 radical (unpaired) electrons. The summed E-state index contributed by atoms with van der Waals surface area (Å²) < 4.78 is 5.49. The molecule has 2 heteroatoms. The quantitative estimate of drug-likeness (QED) is 0.587. The second-order valence-electron chi connectivity index (χ2n) is 2.77. The van der Waals surface area contributed by atoms with Gasteiger partial charge in [-0.2, -0.15) is 0 Å². The van der Waals surface area contributed by atoms with Gasteiger partial charge in [-0.05, 0) is 24.8 Å². The smallest absolute Gasteiger partial charge is 0.121 e. The van der Waals surface area contributed by atoms with Crippen molar-refractivity contribution in [2.24, 2.45) is 0 Å². The molecule has 1 aliphatic rings. The molecule has 0 N–H and O–H groups in total. The molecule has 1 aromatic heterocycles. The van der Waals surface area contributed by atoms with Crippen LogP contribution in [0.3, 0.4) is 0 Å². The van der Waals surface area contributed by atoms with E-state index < -0.39 is 0 Å². The van der Waals surface area contributed by atoms with Crippen molar-refractivity contribution in [2.45, 2.75) is 25.2 Å². The van der Waals surface area contributed by atoms with Crippen molar-refractivity contribution < 1.29 is 4.42 Å². The van der Waals surface area contributed by atoms with Crippen LogP contribution in [0.2, 0.25) is 0 Å². The Kier molecular flexibility index (Phi) is 1.57. The molecule has 0 aromatic carbocycles. The van der Waals surface area contributed by atoms with Gasteiger partial charge in [0.15, 0.2) is 0 Å². The van der Waals surface area contributed by atoms with Crippen molar-refractivity contribution in [3.8, 4) is 0 Å². The van der Waals surface area contributed by atoms with Crippen molar-refractivity contribution in [1.82, 2.24) is 0 Å². The van der Waals surface area contributed by atoms with Gasteiger partial charge in [-0.3, -0.25) is 0 Å². The van der Waals surface area contributed by atoms with Gasteiger partial charge in [0.2, 0.25) is 0 Å². The highest BCUT2D eigenvalue weighted by Crippen LogP contribution is 2.36. The van der Waals surface area contributed by atoms with Crippen LogP contribution < -0.4 is 0 Å². The van der Waals surface area contributed by atoms with Gasteiger partial charge in [-0.15, -0.1) is 0 Å². The topological polar surface area (TPSA) is 13.1 Å². The molecule has 0 saturated carbocycles. The average Bonchev–Trinajstić information content (AvgIpc) is 2.27. The standard InChI is InChI=1S/C9H10OS/c1-6-5-9-8(10-6)4-3-7(2)11-9/h3,5H,4H2,1-2H3. The molecule has 2 rings (SSSR count). The molecule has 0 unspecified atom stereocenters. The van der Waals surface area contributed by atoms with E-state index in [0.29, 0.717) is 0 Å². The van der Waals surface area contributed by atoms with E-state index in [1.54, 1.807) is 11.8 Å². The zero-order valence-corrected chi connectivity index (χ0v) is 7.49. The minimum atomic E-state index is 0.960. The fourth-order valence-corrected chi connectivity index (χ4v) is 2.20. The van der Waals surface area contributed by atoms with E-state index in [-0.39, 0.29) is 0 Å². The van der Waals surface area contributed by atoms with E-state index in [9.17, 15) is 0 Å². The van der Waals surface area contributed by atoms with Crippen LogP contribution in [0.1, 0.15) is 18.4 Å². The molecule has 1 aromatic rings. The zero-order valence-electron chi connectivity index (χ0n) is 6.68. The van der Waals surface area contributed by atoms with Crippen molar-refractivity contribution >= 4 is 11.8 Å². The minimum Gasteiger partial charge on any atom is -0.465 e. The first kappa shape index (κ1) is 7.04. The van der Waals surface area contributed by atoms with Crippen LogP contribution in [0.5, 0.6) is 0 Å². The Hall–Kier alpha value is -0.630. The third-order valence-corrected chi connectivity index (χ3v) is 2.79.